The second-order valence-corrected chi connectivity index (χ2v) is 4.45. The van der Waals surface area contributed by atoms with E-state index in [1.165, 1.54) is 0 Å². The maximum absolute atomic E-state index is 10.9. The monoisotopic (exact) mass is 237 g/mol. The zero-order valence-corrected chi connectivity index (χ0v) is 10.3. The number of aliphatic carboxylic acids is 1. The molecule has 0 bridgehead atoms. The molecule has 1 aromatic rings. The highest BCUT2D eigenvalue weighted by atomic mass is 16.4. The van der Waals surface area contributed by atoms with Gasteiger partial charge in [-0.05, 0) is 19.1 Å². The minimum atomic E-state index is -0.781. The van der Waals surface area contributed by atoms with Crippen LogP contribution in [0.3, 0.4) is 0 Å². The van der Waals surface area contributed by atoms with E-state index in [2.05, 4.69) is 6.58 Å². The molecule has 0 aliphatic carbocycles. The fourth-order valence-electron chi connectivity index (χ4n) is 1.66. The molecule has 0 amide bonds. The third-order valence-corrected chi connectivity index (χ3v) is 2.41. The molecule has 4 nitrogen and oxygen atoms in total. The predicted octanol–water partition coefficient (Wildman–Crippen LogP) is 2.38. The molecule has 1 rings (SSSR count). The second kappa shape index (κ2) is 6.25. The minimum Gasteiger partial charge on any atom is -0.481 e. The Kier molecular flexibility index (Phi) is 4.97. The zero-order valence-electron chi connectivity index (χ0n) is 10.3. The number of furan rings is 1. The van der Waals surface area contributed by atoms with E-state index >= 15 is 0 Å². The molecule has 0 radical (unpaired) electrons. The first kappa shape index (κ1) is 13.5. The smallest absolute Gasteiger partial charge is 0.307 e. The van der Waals surface area contributed by atoms with Gasteiger partial charge in [-0.3, -0.25) is 9.69 Å². The Morgan fingerprint density at radius 2 is 2.35 bits per heavy atom. The molecular formula is C13H19NO3. The summed E-state index contributed by atoms with van der Waals surface area (Å²) in [5.74, 6) is -0.343. The van der Waals surface area contributed by atoms with E-state index in [0.29, 0.717) is 19.6 Å². The van der Waals surface area contributed by atoms with Crippen molar-refractivity contribution in [2.24, 2.45) is 5.92 Å². The van der Waals surface area contributed by atoms with Crippen LogP contribution in [-0.2, 0) is 11.3 Å². The second-order valence-electron chi connectivity index (χ2n) is 4.45. The van der Waals surface area contributed by atoms with Gasteiger partial charge in [-0.2, -0.15) is 0 Å². The predicted molar refractivity (Wildman–Crippen MR) is 65.6 cm³/mol. The standard InChI is InChI=1S/C13H19NO3/c1-10(2)7-14(8-11(3)13(15)16)9-12-5-4-6-17-12/h4-6,11H,1,7-9H2,2-3H3,(H,15,16). The Morgan fingerprint density at radius 3 is 2.82 bits per heavy atom. The lowest BCUT2D eigenvalue weighted by Crippen LogP contribution is -2.32. The van der Waals surface area contributed by atoms with Crippen LogP contribution < -0.4 is 0 Å². The molecule has 0 aliphatic rings. The quantitative estimate of drug-likeness (QED) is 0.740. The number of carbonyl (C=O) groups is 1. The summed E-state index contributed by atoms with van der Waals surface area (Å²) in [4.78, 5) is 12.9. The summed E-state index contributed by atoms with van der Waals surface area (Å²) in [6, 6.07) is 3.71. The highest BCUT2D eigenvalue weighted by molar-refractivity contribution is 5.69. The van der Waals surface area contributed by atoms with Crippen LogP contribution in [0.2, 0.25) is 0 Å². The van der Waals surface area contributed by atoms with Crippen molar-refractivity contribution in [3.63, 3.8) is 0 Å². The molecule has 0 saturated heterocycles. The summed E-state index contributed by atoms with van der Waals surface area (Å²) in [7, 11) is 0. The third kappa shape index (κ3) is 4.87. The fraction of sp³-hybridized carbons (Fsp3) is 0.462. The molecule has 0 saturated carbocycles. The first-order chi connectivity index (χ1) is 7.99. The highest BCUT2D eigenvalue weighted by Crippen LogP contribution is 2.10. The van der Waals surface area contributed by atoms with E-state index in [1.807, 2.05) is 24.0 Å². The largest absolute Gasteiger partial charge is 0.481 e. The number of rotatable bonds is 7. The lowest BCUT2D eigenvalue weighted by atomic mass is 10.1. The van der Waals surface area contributed by atoms with Crippen LogP contribution in [-0.4, -0.2) is 29.1 Å². The summed E-state index contributed by atoms with van der Waals surface area (Å²) < 4.78 is 5.27. The van der Waals surface area contributed by atoms with Gasteiger partial charge < -0.3 is 9.52 Å². The van der Waals surface area contributed by atoms with Gasteiger partial charge in [-0.15, -0.1) is 0 Å². The lowest BCUT2D eigenvalue weighted by Gasteiger charge is -2.23. The fourth-order valence-corrected chi connectivity index (χ4v) is 1.66. The molecule has 17 heavy (non-hydrogen) atoms. The van der Waals surface area contributed by atoms with Gasteiger partial charge in [0.2, 0.25) is 0 Å². The SMILES string of the molecule is C=C(C)CN(Cc1ccco1)CC(C)C(=O)O. The van der Waals surface area contributed by atoms with E-state index in [-0.39, 0.29) is 0 Å². The number of nitrogens with zero attached hydrogens (tertiary/aromatic N) is 1. The molecule has 1 atom stereocenters. The van der Waals surface area contributed by atoms with E-state index in [4.69, 9.17) is 9.52 Å². The molecule has 94 valence electrons. The van der Waals surface area contributed by atoms with Gasteiger partial charge in [-0.25, -0.2) is 0 Å². The van der Waals surface area contributed by atoms with E-state index < -0.39 is 11.9 Å². The van der Waals surface area contributed by atoms with Crippen molar-refractivity contribution in [1.29, 1.82) is 0 Å². The maximum atomic E-state index is 10.9. The van der Waals surface area contributed by atoms with Crippen molar-refractivity contribution in [2.75, 3.05) is 13.1 Å². The summed E-state index contributed by atoms with van der Waals surface area (Å²) in [5.41, 5.74) is 1.01. The maximum Gasteiger partial charge on any atom is 0.307 e. The molecule has 0 fully saturated rings. The molecular weight excluding hydrogens is 218 g/mol. The topological polar surface area (TPSA) is 53.7 Å². The van der Waals surface area contributed by atoms with Crippen LogP contribution in [0, 0.1) is 5.92 Å². The van der Waals surface area contributed by atoms with Crippen LogP contribution >= 0.6 is 0 Å². The van der Waals surface area contributed by atoms with Crippen molar-refractivity contribution < 1.29 is 14.3 Å². The minimum absolute atomic E-state index is 0.399. The van der Waals surface area contributed by atoms with Crippen LogP contribution in [0.15, 0.2) is 35.0 Å². The zero-order chi connectivity index (χ0) is 12.8. The Balaban J connectivity index is 2.60. The first-order valence-corrected chi connectivity index (χ1v) is 5.61. The number of carboxylic acids is 1. The van der Waals surface area contributed by atoms with E-state index in [1.54, 1.807) is 13.2 Å². The van der Waals surface area contributed by atoms with Gasteiger partial charge >= 0.3 is 5.97 Å². The van der Waals surface area contributed by atoms with E-state index in [0.717, 1.165) is 11.3 Å². The normalized spacial score (nSPS) is 12.6. The Bertz CT molecular complexity index is 370. The van der Waals surface area contributed by atoms with Gasteiger partial charge in [0, 0.05) is 13.1 Å². The number of hydrogen-bond donors (Lipinski definition) is 1. The lowest BCUT2D eigenvalue weighted by molar-refractivity contribution is -0.141. The summed E-state index contributed by atoms with van der Waals surface area (Å²) in [5, 5.41) is 8.92. The van der Waals surface area contributed by atoms with Crippen LogP contribution in [0.25, 0.3) is 0 Å². The van der Waals surface area contributed by atoms with Crippen molar-refractivity contribution in [2.45, 2.75) is 20.4 Å². The van der Waals surface area contributed by atoms with Gasteiger partial charge in [0.25, 0.3) is 0 Å². The van der Waals surface area contributed by atoms with Crippen molar-refractivity contribution in [3.05, 3.63) is 36.3 Å². The Morgan fingerprint density at radius 1 is 1.65 bits per heavy atom. The highest BCUT2D eigenvalue weighted by Gasteiger charge is 2.17. The molecule has 1 heterocycles. The molecule has 1 N–H and O–H groups in total. The van der Waals surface area contributed by atoms with Gasteiger partial charge in [0.15, 0.2) is 0 Å². The average molecular weight is 237 g/mol. The van der Waals surface area contributed by atoms with Crippen LogP contribution in [0.4, 0.5) is 0 Å². The van der Waals surface area contributed by atoms with Gasteiger partial charge in [0.1, 0.15) is 5.76 Å². The van der Waals surface area contributed by atoms with Crippen molar-refractivity contribution in [1.82, 2.24) is 4.90 Å². The van der Waals surface area contributed by atoms with Crippen molar-refractivity contribution >= 4 is 5.97 Å². The number of carboxylic acid groups (broad SMARTS) is 1. The molecule has 0 aliphatic heterocycles. The van der Waals surface area contributed by atoms with Crippen LogP contribution in [0.5, 0.6) is 0 Å². The van der Waals surface area contributed by atoms with E-state index in [9.17, 15) is 4.79 Å². The van der Waals surface area contributed by atoms with Gasteiger partial charge in [0.05, 0.1) is 18.7 Å². The Labute approximate surface area is 102 Å². The number of hydrogen-bond acceptors (Lipinski definition) is 3. The van der Waals surface area contributed by atoms with Gasteiger partial charge in [-0.1, -0.05) is 19.1 Å². The summed E-state index contributed by atoms with van der Waals surface area (Å²) in [6.07, 6.45) is 1.62. The van der Waals surface area contributed by atoms with Crippen molar-refractivity contribution in [3.8, 4) is 0 Å². The third-order valence-electron chi connectivity index (χ3n) is 2.41. The summed E-state index contributed by atoms with van der Waals surface area (Å²) in [6.45, 7) is 9.27. The molecule has 0 spiro atoms. The molecule has 4 heteroatoms. The molecule has 1 unspecified atom stereocenters. The average Bonchev–Trinajstić information content (AvgIpc) is 2.68. The first-order valence-electron chi connectivity index (χ1n) is 5.61. The Hall–Kier alpha value is -1.55. The summed E-state index contributed by atoms with van der Waals surface area (Å²) >= 11 is 0. The van der Waals surface area contributed by atoms with Crippen LogP contribution in [0.1, 0.15) is 19.6 Å². The molecule has 1 aromatic heterocycles. The molecule has 0 aromatic carbocycles.